The first kappa shape index (κ1) is 14.3. The lowest BCUT2D eigenvalue weighted by Crippen LogP contribution is -2.44. The maximum absolute atomic E-state index is 13.0. The maximum Gasteiger partial charge on any atom is 0.233 e. The molecule has 2 heterocycles. The minimum absolute atomic E-state index is 0.0766. The van der Waals surface area contributed by atoms with Crippen LogP contribution in [0.2, 0.25) is 0 Å². The molecule has 4 nitrogen and oxygen atoms in total. The van der Waals surface area contributed by atoms with Gasteiger partial charge in [0.1, 0.15) is 0 Å². The minimum atomic E-state index is -0.138. The number of para-hydroxylation sites is 1. The maximum atomic E-state index is 13.0. The summed E-state index contributed by atoms with van der Waals surface area (Å²) in [5, 5.41) is 0. The van der Waals surface area contributed by atoms with Gasteiger partial charge < -0.3 is 9.64 Å². The number of carbonyl (C=O) groups excluding carboxylic acids is 2. The lowest BCUT2D eigenvalue weighted by molar-refractivity contribution is -0.124. The third-order valence-corrected chi connectivity index (χ3v) is 4.85. The molecule has 1 aromatic carbocycles. The number of ketones is 1. The lowest BCUT2D eigenvalue weighted by atomic mass is 9.87. The largest absolute Gasteiger partial charge is 0.374 e. The molecule has 4 heteroatoms. The smallest absolute Gasteiger partial charge is 0.233 e. The number of hydrogen-bond donors (Lipinski definition) is 0. The molecule has 1 saturated heterocycles. The molecule has 0 spiro atoms. The average molecular weight is 287 g/mol. The van der Waals surface area contributed by atoms with E-state index in [4.69, 9.17) is 4.74 Å². The van der Waals surface area contributed by atoms with E-state index < -0.39 is 0 Å². The van der Waals surface area contributed by atoms with Gasteiger partial charge in [-0.2, -0.15) is 0 Å². The normalized spacial score (nSPS) is 32.1. The van der Waals surface area contributed by atoms with E-state index in [1.54, 1.807) is 11.0 Å². The summed E-state index contributed by atoms with van der Waals surface area (Å²) in [7, 11) is 0. The fourth-order valence-corrected chi connectivity index (χ4v) is 3.51. The van der Waals surface area contributed by atoms with Crippen molar-refractivity contribution in [3.05, 3.63) is 29.8 Å². The van der Waals surface area contributed by atoms with Crippen molar-refractivity contribution < 1.29 is 14.3 Å². The van der Waals surface area contributed by atoms with Gasteiger partial charge in [-0.25, -0.2) is 0 Å². The van der Waals surface area contributed by atoms with Crippen LogP contribution in [0, 0.1) is 11.8 Å². The van der Waals surface area contributed by atoms with Crippen LogP contribution in [-0.4, -0.2) is 30.4 Å². The second-order valence-corrected chi connectivity index (χ2v) is 6.11. The number of anilines is 1. The molecule has 2 aliphatic rings. The highest BCUT2D eigenvalue weighted by atomic mass is 16.5. The van der Waals surface area contributed by atoms with Gasteiger partial charge in [-0.05, 0) is 31.9 Å². The van der Waals surface area contributed by atoms with Gasteiger partial charge in [0, 0.05) is 18.5 Å². The summed E-state index contributed by atoms with van der Waals surface area (Å²) in [6.45, 7) is 6.52. The van der Waals surface area contributed by atoms with Crippen molar-refractivity contribution in [2.75, 3.05) is 11.4 Å². The quantitative estimate of drug-likeness (QED) is 0.798. The number of Topliss-reactive ketones (excluding diaryl/α,β-unsaturated/α-hetero) is 1. The summed E-state index contributed by atoms with van der Waals surface area (Å²) in [6.07, 6.45) is 0.414. The van der Waals surface area contributed by atoms with Crippen molar-refractivity contribution in [1.29, 1.82) is 0 Å². The van der Waals surface area contributed by atoms with Gasteiger partial charge in [-0.1, -0.05) is 19.1 Å². The van der Waals surface area contributed by atoms with E-state index in [0.29, 0.717) is 18.5 Å². The van der Waals surface area contributed by atoms with Gasteiger partial charge in [0.25, 0.3) is 0 Å². The van der Waals surface area contributed by atoms with E-state index >= 15 is 0 Å². The number of fused-ring (bicyclic) bond motifs is 1. The second kappa shape index (κ2) is 5.26. The summed E-state index contributed by atoms with van der Waals surface area (Å²) < 4.78 is 5.79. The lowest BCUT2D eigenvalue weighted by Gasteiger charge is -2.32. The molecule has 4 atom stereocenters. The van der Waals surface area contributed by atoms with E-state index in [1.807, 2.05) is 32.0 Å². The van der Waals surface area contributed by atoms with E-state index in [2.05, 4.69) is 6.92 Å². The predicted octanol–water partition coefficient (Wildman–Crippen LogP) is 2.67. The molecule has 2 aliphatic heterocycles. The van der Waals surface area contributed by atoms with Gasteiger partial charge in [-0.15, -0.1) is 0 Å². The van der Waals surface area contributed by atoms with Crippen molar-refractivity contribution in [3.8, 4) is 0 Å². The van der Waals surface area contributed by atoms with Gasteiger partial charge in [-0.3, -0.25) is 9.59 Å². The number of rotatable bonds is 1. The Labute approximate surface area is 125 Å². The Hall–Kier alpha value is -1.68. The van der Waals surface area contributed by atoms with E-state index in [9.17, 15) is 9.59 Å². The molecule has 0 radical (unpaired) electrons. The molecule has 1 aromatic rings. The molecule has 3 rings (SSSR count). The Morgan fingerprint density at radius 1 is 1.19 bits per heavy atom. The first-order valence-electron chi connectivity index (χ1n) is 7.59. The van der Waals surface area contributed by atoms with Crippen molar-refractivity contribution >= 4 is 17.4 Å². The molecule has 1 fully saturated rings. The molecule has 21 heavy (non-hydrogen) atoms. The van der Waals surface area contributed by atoms with Crippen LogP contribution in [0.3, 0.4) is 0 Å². The first-order valence-corrected chi connectivity index (χ1v) is 7.59. The average Bonchev–Trinajstić information content (AvgIpc) is 2.72. The van der Waals surface area contributed by atoms with Crippen LogP contribution in [0.4, 0.5) is 5.69 Å². The number of amides is 1. The summed E-state index contributed by atoms with van der Waals surface area (Å²) in [5.41, 5.74) is 1.40. The molecular formula is C17H21NO3. The predicted molar refractivity (Wildman–Crippen MR) is 80.4 cm³/mol. The van der Waals surface area contributed by atoms with Crippen LogP contribution in [0.15, 0.2) is 24.3 Å². The summed E-state index contributed by atoms with van der Waals surface area (Å²) in [4.78, 5) is 26.7. The van der Waals surface area contributed by atoms with Crippen molar-refractivity contribution in [2.24, 2.45) is 11.8 Å². The molecule has 0 N–H and O–H groups in total. The number of hydrogen-bond acceptors (Lipinski definition) is 3. The third-order valence-electron chi connectivity index (χ3n) is 4.85. The first-order chi connectivity index (χ1) is 10.0. The fraction of sp³-hybridized carbons (Fsp3) is 0.529. The van der Waals surface area contributed by atoms with Crippen LogP contribution in [0.5, 0.6) is 0 Å². The molecular weight excluding hydrogens is 266 g/mol. The highest BCUT2D eigenvalue weighted by Crippen LogP contribution is 2.36. The molecule has 0 aliphatic carbocycles. The van der Waals surface area contributed by atoms with Crippen molar-refractivity contribution in [3.63, 3.8) is 0 Å². The zero-order chi connectivity index (χ0) is 15.1. The van der Waals surface area contributed by atoms with Crippen LogP contribution >= 0.6 is 0 Å². The van der Waals surface area contributed by atoms with Gasteiger partial charge in [0.2, 0.25) is 5.91 Å². The number of nitrogens with zero attached hydrogens (tertiary/aromatic N) is 1. The van der Waals surface area contributed by atoms with Crippen LogP contribution in [0.1, 0.15) is 37.6 Å². The van der Waals surface area contributed by atoms with Gasteiger partial charge in [0.15, 0.2) is 5.78 Å². The Bertz CT molecular complexity index is 583. The SMILES string of the molecule is CC1OC(C)C(C(=O)N2CCC(=O)c3ccccc32)C1C. The van der Waals surface area contributed by atoms with Gasteiger partial charge >= 0.3 is 0 Å². The second-order valence-electron chi connectivity index (χ2n) is 6.11. The molecule has 0 bridgehead atoms. The summed E-state index contributed by atoms with van der Waals surface area (Å²) in [5.74, 6) is 0.254. The molecule has 0 aromatic heterocycles. The number of ether oxygens (including phenoxy) is 1. The van der Waals surface area contributed by atoms with Crippen molar-refractivity contribution in [1.82, 2.24) is 0 Å². The Morgan fingerprint density at radius 3 is 2.57 bits per heavy atom. The van der Waals surface area contributed by atoms with Crippen molar-refractivity contribution in [2.45, 2.75) is 39.4 Å². The topological polar surface area (TPSA) is 46.6 Å². The zero-order valence-corrected chi connectivity index (χ0v) is 12.7. The van der Waals surface area contributed by atoms with Crippen LogP contribution in [-0.2, 0) is 9.53 Å². The zero-order valence-electron chi connectivity index (χ0n) is 12.7. The van der Waals surface area contributed by atoms with Crippen LogP contribution in [0.25, 0.3) is 0 Å². The molecule has 0 saturated carbocycles. The monoisotopic (exact) mass is 287 g/mol. The summed E-state index contributed by atoms with van der Waals surface area (Å²) >= 11 is 0. The standard InChI is InChI=1S/C17H21NO3/c1-10-11(2)21-12(3)16(10)17(20)18-9-8-15(19)13-6-4-5-7-14(13)18/h4-7,10-12,16H,8-9H2,1-3H3. The molecule has 112 valence electrons. The Balaban J connectivity index is 1.93. The summed E-state index contributed by atoms with van der Waals surface area (Å²) in [6, 6.07) is 7.38. The van der Waals surface area contributed by atoms with Gasteiger partial charge in [0.05, 0.1) is 23.8 Å². The minimum Gasteiger partial charge on any atom is -0.374 e. The Morgan fingerprint density at radius 2 is 1.90 bits per heavy atom. The molecule has 1 amide bonds. The van der Waals surface area contributed by atoms with Crippen LogP contribution < -0.4 is 4.90 Å². The van der Waals surface area contributed by atoms with E-state index in [-0.39, 0.29) is 35.7 Å². The van der Waals surface area contributed by atoms with E-state index in [0.717, 1.165) is 5.69 Å². The fourth-order valence-electron chi connectivity index (χ4n) is 3.51. The van der Waals surface area contributed by atoms with E-state index in [1.165, 1.54) is 0 Å². The Kier molecular flexibility index (Phi) is 3.57. The highest BCUT2D eigenvalue weighted by molar-refractivity contribution is 6.09. The molecule has 4 unspecified atom stereocenters. The number of benzene rings is 1. The highest BCUT2D eigenvalue weighted by Gasteiger charge is 2.44. The number of carbonyl (C=O) groups is 2. The third kappa shape index (κ3) is 2.27.